The van der Waals surface area contributed by atoms with E-state index in [4.69, 9.17) is 16.3 Å². The molecule has 1 fully saturated rings. The SMILES string of the molecule is O=C(Oc1ccc(Cl)c2ccccc12)c1cccc(N2CCCS2(=O)=O)c1. The predicted molar refractivity (Wildman–Crippen MR) is 106 cm³/mol. The zero-order valence-corrected chi connectivity index (χ0v) is 15.8. The Labute approximate surface area is 162 Å². The first-order chi connectivity index (χ1) is 13.0. The Hall–Kier alpha value is -2.57. The molecule has 1 heterocycles. The highest BCUT2D eigenvalue weighted by molar-refractivity contribution is 7.93. The van der Waals surface area contributed by atoms with E-state index in [1.807, 2.05) is 24.3 Å². The fourth-order valence-electron chi connectivity index (χ4n) is 3.20. The highest BCUT2D eigenvalue weighted by Crippen LogP contribution is 2.32. The van der Waals surface area contributed by atoms with Gasteiger partial charge in [-0.05, 0) is 36.8 Å². The van der Waals surface area contributed by atoms with Gasteiger partial charge in [-0.25, -0.2) is 13.2 Å². The molecular formula is C20H16ClNO4S. The summed E-state index contributed by atoms with van der Waals surface area (Å²) in [5.74, 6) is -0.0292. The van der Waals surface area contributed by atoms with Crippen LogP contribution in [0.3, 0.4) is 0 Å². The Kier molecular flexibility index (Phi) is 4.53. The average molecular weight is 402 g/mol. The first kappa shape index (κ1) is 17.8. The summed E-state index contributed by atoms with van der Waals surface area (Å²) in [7, 11) is -3.31. The van der Waals surface area contributed by atoms with E-state index >= 15 is 0 Å². The van der Waals surface area contributed by atoms with Gasteiger partial charge in [-0.1, -0.05) is 41.9 Å². The molecule has 0 unspecified atom stereocenters. The fourth-order valence-corrected chi connectivity index (χ4v) is 4.98. The zero-order valence-electron chi connectivity index (χ0n) is 14.3. The minimum absolute atomic E-state index is 0.123. The van der Waals surface area contributed by atoms with Crippen LogP contribution in [0.1, 0.15) is 16.8 Å². The van der Waals surface area contributed by atoms with Crippen LogP contribution in [0.15, 0.2) is 60.7 Å². The molecule has 1 saturated heterocycles. The van der Waals surface area contributed by atoms with E-state index in [0.29, 0.717) is 29.4 Å². The van der Waals surface area contributed by atoms with Gasteiger partial charge in [0.15, 0.2) is 0 Å². The van der Waals surface area contributed by atoms with Gasteiger partial charge in [0.25, 0.3) is 0 Å². The van der Waals surface area contributed by atoms with E-state index in [0.717, 1.165) is 10.8 Å². The second-order valence-corrected chi connectivity index (χ2v) is 8.69. The van der Waals surface area contributed by atoms with Crippen molar-refractivity contribution < 1.29 is 17.9 Å². The van der Waals surface area contributed by atoms with Gasteiger partial charge < -0.3 is 4.74 Å². The first-order valence-electron chi connectivity index (χ1n) is 8.46. The number of hydrogen-bond acceptors (Lipinski definition) is 4. The highest BCUT2D eigenvalue weighted by Gasteiger charge is 2.28. The second-order valence-electron chi connectivity index (χ2n) is 6.27. The van der Waals surface area contributed by atoms with Gasteiger partial charge in [0.2, 0.25) is 10.0 Å². The molecule has 0 N–H and O–H groups in total. The van der Waals surface area contributed by atoms with Crippen LogP contribution in [0, 0.1) is 0 Å². The minimum atomic E-state index is -3.31. The summed E-state index contributed by atoms with van der Waals surface area (Å²) in [4.78, 5) is 12.6. The Bertz CT molecular complexity index is 1140. The van der Waals surface area contributed by atoms with E-state index in [1.54, 1.807) is 36.4 Å². The molecule has 4 rings (SSSR count). The van der Waals surface area contributed by atoms with E-state index in [2.05, 4.69) is 0 Å². The van der Waals surface area contributed by atoms with Crippen molar-refractivity contribution in [1.82, 2.24) is 0 Å². The molecule has 5 nitrogen and oxygen atoms in total. The molecule has 0 aliphatic carbocycles. The lowest BCUT2D eigenvalue weighted by Gasteiger charge is -2.17. The monoisotopic (exact) mass is 401 g/mol. The van der Waals surface area contributed by atoms with Crippen molar-refractivity contribution in [1.29, 1.82) is 0 Å². The summed E-state index contributed by atoms with van der Waals surface area (Å²) in [6.07, 6.45) is 0.577. The Balaban J connectivity index is 1.65. The predicted octanol–water partition coefficient (Wildman–Crippen LogP) is 4.25. The van der Waals surface area contributed by atoms with Gasteiger partial charge in [0.05, 0.1) is 17.0 Å². The van der Waals surface area contributed by atoms with Gasteiger partial charge in [0.1, 0.15) is 5.75 Å². The van der Waals surface area contributed by atoms with Gasteiger partial charge in [0, 0.05) is 22.3 Å². The van der Waals surface area contributed by atoms with Gasteiger partial charge in [-0.15, -0.1) is 0 Å². The molecule has 3 aromatic rings. The smallest absolute Gasteiger partial charge is 0.343 e. The number of sulfonamides is 1. The molecule has 27 heavy (non-hydrogen) atoms. The van der Waals surface area contributed by atoms with Crippen LogP contribution in [-0.2, 0) is 10.0 Å². The Morgan fingerprint density at radius 2 is 1.78 bits per heavy atom. The molecule has 1 aliphatic heterocycles. The molecule has 3 aromatic carbocycles. The van der Waals surface area contributed by atoms with Gasteiger partial charge in [-0.3, -0.25) is 4.31 Å². The summed E-state index contributed by atoms with van der Waals surface area (Å²) in [6.45, 7) is 0.419. The summed E-state index contributed by atoms with van der Waals surface area (Å²) >= 11 is 6.20. The number of nitrogens with zero attached hydrogens (tertiary/aromatic N) is 1. The summed E-state index contributed by atoms with van der Waals surface area (Å²) in [6, 6.07) is 17.2. The van der Waals surface area contributed by atoms with Gasteiger partial charge in [-0.2, -0.15) is 0 Å². The van der Waals surface area contributed by atoms with Crippen molar-refractivity contribution in [3.05, 3.63) is 71.2 Å². The number of halogens is 1. The summed E-state index contributed by atoms with van der Waals surface area (Å²) in [5, 5.41) is 2.10. The number of anilines is 1. The van der Waals surface area contributed by atoms with Crippen LogP contribution in [0.2, 0.25) is 5.02 Å². The normalized spacial score (nSPS) is 15.8. The van der Waals surface area contributed by atoms with Crippen LogP contribution < -0.4 is 9.04 Å². The van der Waals surface area contributed by atoms with Crippen molar-refractivity contribution in [2.75, 3.05) is 16.6 Å². The van der Waals surface area contributed by atoms with E-state index < -0.39 is 16.0 Å². The van der Waals surface area contributed by atoms with Crippen LogP contribution >= 0.6 is 11.6 Å². The fraction of sp³-hybridized carbons (Fsp3) is 0.150. The average Bonchev–Trinajstić information content (AvgIpc) is 3.03. The van der Waals surface area contributed by atoms with Crippen LogP contribution in [0.5, 0.6) is 5.75 Å². The number of esters is 1. The van der Waals surface area contributed by atoms with Crippen LogP contribution in [-0.4, -0.2) is 26.7 Å². The first-order valence-corrected chi connectivity index (χ1v) is 10.4. The molecular weight excluding hydrogens is 386 g/mol. The largest absolute Gasteiger partial charge is 0.422 e. The van der Waals surface area contributed by atoms with E-state index in [-0.39, 0.29) is 11.3 Å². The summed E-state index contributed by atoms with van der Waals surface area (Å²) in [5.41, 5.74) is 0.761. The Morgan fingerprint density at radius 3 is 2.52 bits per heavy atom. The number of fused-ring (bicyclic) bond motifs is 1. The van der Waals surface area contributed by atoms with Crippen molar-refractivity contribution in [2.45, 2.75) is 6.42 Å². The standard InChI is InChI=1S/C20H16ClNO4S/c21-18-9-10-19(17-8-2-1-7-16(17)18)26-20(23)14-5-3-6-15(13-14)22-11-4-12-27(22,24)25/h1-3,5-10,13H,4,11-12H2. The second kappa shape index (κ2) is 6.87. The van der Waals surface area contributed by atoms with E-state index in [1.165, 1.54) is 4.31 Å². The lowest BCUT2D eigenvalue weighted by molar-refractivity contribution is 0.0737. The minimum Gasteiger partial charge on any atom is -0.422 e. The number of ether oxygens (including phenoxy) is 1. The maximum absolute atomic E-state index is 12.6. The zero-order chi connectivity index (χ0) is 19.0. The van der Waals surface area contributed by atoms with Crippen molar-refractivity contribution in [3.63, 3.8) is 0 Å². The quantitative estimate of drug-likeness (QED) is 0.486. The number of rotatable bonds is 3. The third-order valence-corrected chi connectivity index (χ3v) is 6.70. The molecule has 1 aliphatic rings. The molecule has 7 heteroatoms. The molecule has 0 atom stereocenters. The summed E-state index contributed by atoms with van der Waals surface area (Å²) < 4.78 is 31.1. The molecule has 0 amide bonds. The number of carbonyl (C=O) groups excluding carboxylic acids is 1. The van der Waals surface area contributed by atoms with Gasteiger partial charge >= 0.3 is 5.97 Å². The molecule has 0 spiro atoms. The molecule has 0 radical (unpaired) electrons. The molecule has 0 bridgehead atoms. The number of hydrogen-bond donors (Lipinski definition) is 0. The molecule has 0 saturated carbocycles. The topological polar surface area (TPSA) is 63.7 Å². The van der Waals surface area contributed by atoms with Crippen molar-refractivity contribution in [3.8, 4) is 5.75 Å². The van der Waals surface area contributed by atoms with Crippen LogP contribution in [0.4, 0.5) is 5.69 Å². The van der Waals surface area contributed by atoms with E-state index in [9.17, 15) is 13.2 Å². The lowest BCUT2D eigenvalue weighted by Crippen LogP contribution is -2.25. The van der Waals surface area contributed by atoms with Crippen LogP contribution in [0.25, 0.3) is 10.8 Å². The van der Waals surface area contributed by atoms with Crippen molar-refractivity contribution in [2.24, 2.45) is 0 Å². The number of carbonyl (C=O) groups is 1. The third kappa shape index (κ3) is 3.38. The maximum Gasteiger partial charge on any atom is 0.343 e. The number of benzene rings is 3. The molecule has 138 valence electrons. The maximum atomic E-state index is 12.6. The Morgan fingerprint density at radius 1 is 1.00 bits per heavy atom. The molecule has 0 aromatic heterocycles. The lowest BCUT2D eigenvalue weighted by atomic mass is 10.1. The van der Waals surface area contributed by atoms with Crippen molar-refractivity contribution >= 4 is 44.1 Å². The third-order valence-electron chi connectivity index (χ3n) is 4.50. The highest BCUT2D eigenvalue weighted by atomic mass is 35.5.